The zero-order chi connectivity index (χ0) is 8.32. The molecule has 0 aromatic carbocycles. The maximum atomic E-state index is 5.80. The van der Waals surface area contributed by atoms with E-state index in [1.54, 1.807) is 0 Å². The summed E-state index contributed by atoms with van der Waals surface area (Å²) in [7, 11) is 0. The smallest absolute Gasteiger partial charge is 0.0546 e. The molecule has 11 heavy (non-hydrogen) atoms. The van der Waals surface area contributed by atoms with Gasteiger partial charge in [0, 0.05) is 0 Å². The maximum absolute atomic E-state index is 5.80. The average molecular weight is 156 g/mol. The molecule has 66 valence electrons. The molecule has 3 N–H and O–H groups in total. The van der Waals surface area contributed by atoms with E-state index in [1.165, 1.54) is 19.3 Å². The van der Waals surface area contributed by atoms with Gasteiger partial charge in [-0.2, -0.15) is 0 Å². The second-order valence-corrected chi connectivity index (χ2v) is 4.01. The number of hydrogen-bond acceptors (Lipinski definition) is 2. The highest BCUT2D eigenvalue weighted by molar-refractivity contribution is 4.79. The van der Waals surface area contributed by atoms with Crippen LogP contribution in [0.1, 0.15) is 39.5 Å². The van der Waals surface area contributed by atoms with Crippen molar-refractivity contribution in [2.45, 2.75) is 45.7 Å². The van der Waals surface area contributed by atoms with E-state index in [2.05, 4.69) is 19.2 Å². The second-order valence-electron chi connectivity index (χ2n) is 4.01. The van der Waals surface area contributed by atoms with Crippen molar-refractivity contribution < 1.29 is 0 Å². The van der Waals surface area contributed by atoms with Crippen molar-refractivity contribution in [2.75, 3.05) is 6.54 Å². The first kappa shape index (κ1) is 9.01. The number of nitrogens with two attached hydrogens (primary N) is 1. The zero-order valence-corrected chi connectivity index (χ0v) is 7.69. The second kappa shape index (κ2) is 3.55. The van der Waals surface area contributed by atoms with Crippen LogP contribution in [0.2, 0.25) is 0 Å². The molecule has 2 unspecified atom stereocenters. The van der Waals surface area contributed by atoms with Crippen molar-refractivity contribution >= 4 is 0 Å². The van der Waals surface area contributed by atoms with Gasteiger partial charge >= 0.3 is 0 Å². The van der Waals surface area contributed by atoms with Gasteiger partial charge in [0.05, 0.1) is 6.17 Å². The van der Waals surface area contributed by atoms with Crippen molar-refractivity contribution in [1.29, 1.82) is 0 Å². The summed E-state index contributed by atoms with van der Waals surface area (Å²) in [6, 6.07) is 0. The van der Waals surface area contributed by atoms with Gasteiger partial charge in [-0.1, -0.05) is 20.3 Å². The highest BCUT2D eigenvalue weighted by Crippen LogP contribution is 2.32. The molecule has 1 aliphatic heterocycles. The molecule has 0 radical (unpaired) electrons. The molecule has 1 aliphatic rings. The lowest BCUT2D eigenvalue weighted by Gasteiger charge is -2.25. The molecule has 0 aliphatic carbocycles. The predicted molar refractivity (Wildman–Crippen MR) is 48.2 cm³/mol. The van der Waals surface area contributed by atoms with Gasteiger partial charge in [-0.05, 0) is 31.2 Å². The molecule has 2 atom stereocenters. The Morgan fingerprint density at radius 2 is 2.27 bits per heavy atom. The van der Waals surface area contributed by atoms with E-state index in [0.717, 1.165) is 13.0 Å². The predicted octanol–water partition coefficient (Wildman–Crippen LogP) is 1.46. The molecule has 0 saturated carbocycles. The number of nitrogens with one attached hydrogen (secondary N) is 1. The molecule has 0 amide bonds. The van der Waals surface area contributed by atoms with Gasteiger partial charge in [-0.25, -0.2) is 0 Å². The van der Waals surface area contributed by atoms with Gasteiger partial charge in [-0.15, -0.1) is 0 Å². The summed E-state index contributed by atoms with van der Waals surface area (Å²) < 4.78 is 0. The highest BCUT2D eigenvalue weighted by atomic mass is 15.0. The third-order valence-electron chi connectivity index (χ3n) is 3.05. The minimum absolute atomic E-state index is 0.239. The van der Waals surface area contributed by atoms with Crippen molar-refractivity contribution in [1.82, 2.24) is 5.32 Å². The normalized spacial score (nSPS) is 40.1. The van der Waals surface area contributed by atoms with Crippen LogP contribution >= 0.6 is 0 Å². The van der Waals surface area contributed by atoms with Gasteiger partial charge in [0.2, 0.25) is 0 Å². The molecule has 0 aromatic rings. The van der Waals surface area contributed by atoms with Crippen LogP contribution in [-0.4, -0.2) is 12.7 Å². The Labute approximate surface area is 69.5 Å². The SMILES string of the molecule is CCC1(C)CCNC(N)CC1. The summed E-state index contributed by atoms with van der Waals surface area (Å²) in [5, 5.41) is 3.31. The van der Waals surface area contributed by atoms with Gasteiger partial charge in [0.15, 0.2) is 0 Å². The summed E-state index contributed by atoms with van der Waals surface area (Å²) in [5.74, 6) is 0. The summed E-state index contributed by atoms with van der Waals surface area (Å²) in [6.45, 7) is 5.73. The maximum Gasteiger partial charge on any atom is 0.0546 e. The first-order valence-corrected chi connectivity index (χ1v) is 4.65. The summed E-state index contributed by atoms with van der Waals surface area (Å²) in [4.78, 5) is 0. The molecule has 1 rings (SSSR count). The van der Waals surface area contributed by atoms with E-state index in [9.17, 15) is 0 Å². The molecular weight excluding hydrogens is 136 g/mol. The first-order chi connectivity index (χ1) is 5.16. The van der Waals surface area contributed by atoms with E-state index >= 15 is 0 Å². The first-order valence-electron chi connectivity index (χ1n) is 4.65. The van der Waals surface area contributed by atoms with E-state index in [-0.39, 0.29) is 6.17 Å². The zero-order valence-electron chi connectivity index (χ0n) is 7.69. The van der Waals surface area contributed by atoms with E-state index < -0.39 is 0 Å². The van der Waals surface area contributed by atoms with Crippen LogP contribution < -0.4 is 11.1 Å². The third kappa shape index (κ3) is 2.46. The third-order valence-corrected chi connectivity index (χ3v) is 3.05. The molecule has 2 nitrogen and oxygen atoms in total. The van der Waals surface area contributed by atoms with Crippen LogP contribution in [0.3, 0.4) is 0 Å². The van der Waals surface area contributed by atoms with Crippen molar-refractivity contribution in [3.8, 4) is 0 Å². The van der Waals surface area contributed by atoms with Gasteiger partial charge in [0.25, 0.3) is 0 Å². The molecule has 0 bridgehead atoms. The quantitative estimate of drug-likeness (QED) is 0.603. The fraction of sp³-hybridized carbons (Fsp3) is 1.00. The van der Waals surface area contributed by atoms with Crippen LogP contribution in [0.25, 0.3) is 0 Å². The fourth-order valence-electron chi connectivity index (χ4n) is 1.64. The summed E-state index contributed by atoms with van der Waals surface area (Å²) in [6.07, 6.45) is 5.20. The lowest BCUT2D eigenvalue weighted by molar-refractivity contribution is 0.272. The monoisotopic (exact) mass is 156 g/mol. The molecular formula is C9H20N2. The molecule has 1 fully saturated rings. The minimum Gasteiger partial charge on any atom is -0.316 e. The number of hydrogen-bond donors (Lipinski definition) is 2. The van der Waals surface area contributed by atoms with Crippen LogP contribution in [0.15, 0.2) is 0 Å². The topological polar surface area (TPSA) is 38.0 Å². The Hall–Kier alpha value is -0.0800. The van der Waals surface area contributed by atoms with E-state index in [0.29, 0.717) is 5.41 Å². The Morgan fingerprint density at radius 1 is 1.55 bits per heavy atom. The Morgan fingerprint density at radius 3 is 2.91 bits per heavy atom. The Bertz CT molecular complexity index is 125. The van der Waals surface area contributed by atoms with Crippen LogP contribution in [0.4, 0.5) is 0 Å². The lowest BCUT2D eigenvalue weighted by Crippen LogP contribution is -2.36. The van der Waals surface area contributed by atoms with Crippen molar-refractivity contribution in [2.24, 2.45) is 11.1 Å². The summed E-state index contributed by atoms with van der Waals surface area (Å²) >= 11 is 0. The van der Waals surface area contributed by atoms with Crippen molar-refractivity contribution in [3.63, 3.8) is 0 Å². The number of rotatable bonds is 1. The van der Waals surface area contributed by atoms with Crippen LogP contribution in [0, 0.1) is 5.41 Å². The van der Waals surface area contributed by atoms with Crippen LogP contribution in [-0.2, 0) is 0 Å². The molecule has 0 spiro atoms. The largest absolute Gasteiger partial charge is 0.316 e. The van der Waals surface area contributed by atoms with E-state index in [1.807, 2.05) is 0 Å². The Balaban J connectivity index is 2.45. The molecule has 1 heterocycles. The fourth-order valence-corrected chi connectivity index (χ4v) is 1.64. The van der Waals surface area contributed by atoms with Gasteiger partial charge in [-0.3, -0.25) is 0 Å². The molecule has 1 saturated heterocycles. The van der Waals surface area contributed by atoms with Crippen LogP contribution in [0.5, 0.6) is 0 Å². The standard InChI is InChI=1S/C9H20N2/c1-3-9(2)5-4-8(10)11-7-6-9/h8,11H,3-7,10H2,1-2H3. The van der Waals surface area contributed by atoms with Gasteiger partial charge in [0.1, 0.15) is 0 Å². The highest BCUT2D eigenvalue weighted by Gasteiger charge is 2.25. The van der Waals surface area contributed by atoms with Crippen molar-refractivity contribution in [3.05, 3.63) is 0 Å². The molecule has 0 aromatic heterocycles. The lowest BCUT2D eigenvalue weighted by atomic mass is 9.80. The van der Waals surface area contributed by atoms with E-state index in [4.69, 9.17) is 5.73 Å². The van der Waals surface area contributed by atoms with Gasteiger partial charge < -0.3 is 11.1 Å². The average Bonchev–Trinajstić information content (AvgIpc) is 2.15. The molecule has 2 heteroatoms. The minimum atomic E-state index is 0.239. The summed E-state index contributed by atoms with van der Waals surface area (Å²) in [5.41, 5.74) is 6.34. The Kier molecular flexibility index (Phi) is 2.90.